The summed E-state index contributed by atoms with van der Waals surface area (Å²) in [6, 6.07) is 0.699. The number of likely N-dealkylation sites (N-methyl/N-ethyl adjacent to an activating group) is 1. The Morgan fingerprint density at radius 3 is 2.87 bits per heavy atom. The van der Waals surface area contributed by atoms with Crippen LogP contribution in [0, 0.1) is 45.8 Å². The van der Waals surface area contributed by atoms with Gasteiger partial charge in [0.2, 0.25) is 0 Å². The van der Waals surface area contributed by atoms with E-state index in [9.17, 15) is 5.11 Å². The Hall–Kier alpha value is -0.380. The quantitative estimate of drug-likeness (QED) is 0.569. The molecule has 8 rings (SSSR count). The topological polar surface area (TPSA) is 32.7 Å². The zero-order valence-corrected chi connectivity index (χ0v) is 19.8. The summed E-state index contributed by atoms with van der Waals surface area (Å²) < 4.78 is 7.26. The fourth-order valence-corrected chi connectivity index (χ4v) is 12.1. The molecule has 2 saturated heterocycles. The van der Waals surface area contributed by atoms with Crippen molar-refractivity contribution in [3.8, 4) is 0 Å². The van der Waals surface area contributed by atoms with E-state index in [0.717, 1.165) is 42.4 Å². The van der Waals surface area contributed by atoms with Crippen molar-refractivity contribution in [3.63, 3.8) is 0 Å². The Bertz CT molecular complexity index is 884. The van der Waals surface area contributed by atoms with E-state index in [1.165, 1.54) is 57.9 Å². The number of hydrogen-bond acceptors (Lipinski definition) is 3. The molecular formula is C28H41NO2. The molecule has 0 radical (unpaired) electrons. The SMILES string of the molecule is C[C@H]1C[C@H]2O[C@@]34CCC5[C@H]6CC=C7CC(O)CC[C@]7(C)[C@H]6CC56CC63C[C@@H]4[C@@H]2N(C)C1. The fourth-order valence-electron chi connectivity index (χ4n) is 12.1. The van der Waals surface area contributed by atoms with Crippen LogP contribution in [-0.4, -0.2) is 47.4 Å². The Morgan fingerprint density at radius 2 is 2.00 bits per heavy atom. The Kier molecular flexibility index (Phi) is 3.35. The van der Waals surface area contributed by atoms with E-state index in [1.807, 2.05) is 0 Å². The number of fused-ring (bicyclic) bond motifs is 6. The largest absolute Gasteiger partial charge is 0.393 e. The van der Waals surface area contributed by atoms with Crippen LogP contribution in [-0.2, 0) is 4.74 Å². The van der Waals surface area contributed by atoms with E-state index in [0.29, 0.717) is 28.4 Å². The molecule has 2 heterocycles. The highest BCUT2D eigenvalue weighted by Gasteiger charge is 2.91. The zero-order chi connectivity index (χ0) is 21.0. The molecule has 3 spiro atoms. The predicted molar refractivity (Wildman–Crippen MR) is 120 cm³/mol. The molecule has 12 atom stereocenters. The average Bonchev–Trinajstić information content (AvgIpc) is 3.19. The second-order valence-electron chi connectivity index (χ2n) is 13.9. The number of allylic oxidation sites excluding steroid dienone is 1. The second-order valence-corrected chi connectivity index (χ2v) is 13.9. The first-order valence-electron chi connectivity index (χ1n) is 13.6. The molecule has 170 valence electrons. The highest BCUT2D eigenvalue weighted by Crippen LogP contribution is 2.93. The summed E-state index contributed by atoms with van der Waals surface area (Å²) >= 11 is 0. The van der Waals surface area contributed by atoms with Crippen LogP contribution in [0.4, 0.5) is 0 Å². The lowest BCUT2D eigenvalue weighted by Crippen LogP contribution is -2.64. The predicted octanol–water partition coefficient (Wildman–Crippen LogP) is 4.79. The molecule has 2 aliphatic heterocycles. The average molecular weight is 424 g/mol. The summed E-state index contributed by atoms with van der Waals surface area (Å²) in [5, 5.41) is 10.3. The Balaban J connectivity index is 1.14. The van der Waals surface area contributed by atoms with Gasteiger partial charge in [-0.3, -0.25) is 0 Å². The van der Waals surface area contributed by atoms with Gasteiger partial charge in [-0.05, 0) is 106 Å². The van der Waals surface area contributed by atoms with Crippen LogP contribution in [0.5, 0.6) is 0 Å². The van der Waals surface area contributed by atoms with Crippen LogP contribution in [0.15, 0.2) is 11.6 Å². The van der Waals surface area contributed by atoms with Crippen LogP contribution >= 0.6 is 0 Å². The molecule has 0 bridgehead atoms. The minimum Gasteiger partial charge on any atom is -0.393 e. The maximum atomic E-state index is 10.3. The first-order valence-corrected chi connectivity index (χ1v) is 13.6. The van der Waals surface area contributed by atoms with Gasteiger partial charge in [-0.1, -0.05) is 25.5 Å². The summed E-state index contributed by atoms with van der Waals surface area (Å²) in [4.78, 5) is 2.69. The molecule has 0 aromatic carbocycles. The molecular weight excluding hydrogens is 382 g/mol. The van der Waals surface area contributed by atoms with Gasteiger partial charge in [0.15, 0.2) is 0 Å². The van der Waals surface area contributed by atoms with Crippen LogP contribution in [0.25, 0.3) is 0 Å². The molecule has 3 nitrogen and oxygen atoms in total. The Labute approximate surface area is 188 Å². The third-order valence-corrected chi connectivity index (χ3v) is 13.1. The lowest BCUT2D eigenvalue weighted by atomic mass is 9.47. The summed E-state index contributed by atoms with van der Waals surface area (Å²) in [5.74, 6) is 4.32. The number of piperidine rings is 1. The van der Waals surface area contributed by atoms with E-state index < -0.39 is 0 Å². The number of likely N-dealkylation sites (tertiary alicyclic amines) is 1. The van der Waals surface area contributed by atoms with Crippen LogP contribution < -0.4 is 0 Å². The highest BCUT2D eigenvalue weighted by molar-refractivity contribution is 5.41. The first-order chi connectivity index (χ1) is 14.8. The molecule has 1 N–H and O–H groups in total. The van der Waals surface area contributed by atoms with E-state index in [2.05, 4.69) is 31.9 Å². The van der Waals surface area contributed by atoms with Gasteiger partial charge >= 0.3 is 0 Å². The molecule has 8 aliphatic rings. The molecule has 6 aliphatic carbocycles. The van der Waals surface area contributed by atoms with Gasteiger partial charge in [0.05, 0.1) is 17.8 Å². The van der Waals surface area contributed by atoms with Gasteiger partial charge in [-0.2, -0.15) is 0 Å². The van der Waals surface area contributed by atoms with Crippen LogP contribution in [0.1, 0.15) is 78.1 Å². The van der Waals surface area contributed by atoms with Crippen molar-refractivity contribution in [2.45, 2.75) is 102 Å². The van der Waals surface area contributed by atoms with Crippen molar-refractivity contribution in [2.75, 3.05) is 13.6 Å². The molecule has 0 aromatic heterocycles. The summed E-state index contributed by atoms with van der Waals surface area (Å²) in [6.07, 6.45) is 16.0. The second kappa shape index (κ2) is 5.47. The molecule has 5 saturated carbocycles. The smallest absolute Gasteiger partial charge is 0.0793 e. The van der Waals surface area contributed by atoms with E-state index in [4.69, 9.17) is 4.74 Å². The summed E-state index contributed by atoms with van der Waals surface area (Å²) in [6.45, 7) is 6.27. The number of hydrogen-bond donors (Lipinski definition) is 1. The van der Waals surface area contributed by atoms with E-state index in [-0.39, 0.29) is 11.7 Å². The minimum atomic E-state index is -0.0877. The summed E-state index contributed by atoms with van der Waals surface area (Å²) in [7, 11) is 2.38. The lowest BCUT2D eigenvalue weighted by Gasteiger charge is -2.60. The fraction of sp³-hybridized carbons (Fsp3) is 0.929. The van der Waals surface area contributed by atoms with Gasteiger partial charge in [0, 0.05) is 23.9 Å². The van der Waals surface area contributed by atoms with Crippen LogP contribution in [0.3, 0.4) is 0 Å². The highest BCUT2D eigenvalue weighted by atomic mass is 16.5. The normalized spacial score (nSPS) is 65.7. The zero-order valence-electron chi connectivity index (χ0n) is 19.8. The van der Waals surface area contributed by atoms with Gasteiger partial charge in [-0.15, -0.1) is 0 Å². The first kappa shape index (κ1) is 19.0. The molecule has 0 amide bonds. The number of aliphatic hydroxyl groups excluding tert-OH is 1. The maximum Gasteiger partial charge on any atom is 0.0793 e. The molecule has 3 heteroatoms. The van der Waals surface area contributed by atoms with Crippen LogP contribution in [0.2, 0.25) is 0 Å². The molecule has 0 aromatic rings. The van der Waals surface area contributed by atoms with Crippen molar-refractivity contribution in [3.05, 3.63) is 11.6 Å². The molecule has 31 heavy (non-hydrogen) atoms. The van der Waals surface area contributed by atoms with Crippen molar-refractivity contribution in [2.24, 2.45) is 45.8 Å². The maximum absolute atomic E-state index is 10.3. The monoisotopic (exact) mass is 423 g/mol. The third kappa shape index (κ3) is 1.88. The van der Waals surface area contributed by atoms with Crippen molar-refractivity contribution in [1.29, 1.82) is 0 Å². The number of rotatable bonds is 0. The lowest BCUT2D eigenvalue weighted by molar-refractivity contribution is -0.211. The number of nitrogens with zero attached hydrogens (tertiary/aromatic N) is 1. The number of aliphatic hydroxyl groups is 1. The van der Waals surface area contributed by atoms with Gasteiger partial charge in [0.1, 0.15) is 0 Å². The van der Waals surface area contributed by atoms with Crippen molar-refractivity contribution >= 4 is 0 Å². The van der Waals surface area contributed by atoms with Crippen molar-refractivity contribution < 1.29 is 9.84 Å². The van der Waals surface area contributed by atoms with Crippen molar-refractivity contribution in [1.82, 2.24) is 4.90 Å². The Morgan fingerprint density at radius 1 is 1.13 bits per heavy atom. The molecule has 7 fully saturated rings. The van der Waals surface area contributed by atoms with Gasteiger partial charge in [-0.25, -0.2) is 0 Å². The summed E-state index contributed by atoms with van der Waals surface area (Å²) in [5.41, 5.74) is 3.38. The minimum absolute atomic E-state index is 0.0877. The third-order valence-electron chi connectivity index (χ3n) is 13.1. The molecule has 4 unspecified atom stereocenters. The van der Waals surface area contributed by atoms with E-state index >= 15 is 0 Å². The van der Waals surface area contributed by atoms with Gasteiger partial charge < -0.3 is 14.7 Å². The standard InChI is InChI=1S/C28H41NO2/c1-16-10-23-24(29(3)14-16)22-13-27-15-26(27)12-21-19(20(26)7-9-28(22,27)31-23)5-4-17-11-18(30)6-8-25(17,21)2/h4,16,18-24,30H,5-15H2,1-3H3/t16-,18?,19+,20?,21-,22+,23+,24-,25-,26?,27?,28+/m0/s1. The van der Waals surface area contributed by atoms with Gasteiger partial charge in [0.25, 0.3) is 0 Å². The van der Waals surface area contributed by atoms with E-state index in [1.54, 1.807) is 5.57 Å². The number of ether oxygens (including phenoxy) is 1.